The molecule has 8 heteroatoms. The fourth-order valence-electron chi connectivity index (χ4n) is 4.76. The van der Waals surface area contributed by atoms with E-state index in [-0.39, 0.29) is 18.1 Å². The molecule has 2 aliphatic rings. The molecule has 0 spiro atoms. The number of pyridine rings is 1. The van der Waals surface area contributed by atoms with Crippen LogP contribution in [0.25, 0.3) is 11.3 Å². The zero-order chi connectivity index (χ0) is 23.7. The molecular formula is C26H31N5O3. The van der Waals surface area contributed by atoms with Gasteiger partial charge in [0.25, 0.3) is 0 Å². The van der Waals surface area contributed by atoms with Crippen LogP contribution in [0.1, 0.15) is 61.5 Å². The van der Waals surface area contributed by atoms with Gasteiger partial charge in [0.1, 0.15) is 11.9 Å². The molecule has 1 aromatic carbocycles. The molecule has 5 rings (SSSR count). The molecule has 1 atom stereocenters. The molecule has 2 aliphatic heterocycles. The average molecular weight is 462 g/mol. The van der Waals surface area contributed by atoms with Gasteiger partial charge in [-0.1, -0.05) is 31.1 Å². The van der Waals surface area contributed by atoms with E-state index in [0.717, 1.165) is 61.7 Å². The van der Waals surface area contributed by atoms with E-state index in [9.17, 15) is 4.79 Å². The van der Waals surface area contributed by atoms with Gasteiger partial charge in [-0.15, -0.1) is 0 Å². The highest BCUT2D eigenvalue weighted by Gasteiger charge is 2.30. The van der Waals surface area contributed by atoms with Crippen molar-refractivity contribution < 1.29 is 14.1 Å². The number of amides is 1. The summed E-state index contributed by atoms with van der Waals surface area (Å²) < 4.78 is 11.4. The molecule has 8 nitrogen and oxygen atoms in total. The molecule has 1 amide bonds. The molecule has 178 valence electrons. The topological polar surface area (TPSA) is 84.6 Å². The first kappa shape index (κ1) is 22.5. The lowest BCUT2D eigenvalue weighted by molar-refractivity contribution is -0.118. The van der Waals surface area contributed by atoms with E-state index in [0.29, 0.717) is 12.4 Å². The van der Waals surface area contributed by atoms with Crippen LogP contribution < -0.4 is 4.74 Å². The van der Waals surface area contributed by atoms with E-state index in [4.69, 9.17) is 9.26 Å². The second-order valence-electron chi connectivity index (χ2n) is 9.59. The SMILES string of the molecule is Cc1cc(-c2ccc(OC3CN(Cc4nc(C(C)C)no4)C3)cn2)ccc1C1CCCN1C=O. The van der Waals surface area contributed by atoms with Crippen LogP contribution >= 0.6 is 0 Å². The zero-order valence-electron chi connectivity index (χ0n) is 20.0. The van der Waals surface area contributed by atoms with Gasteiger partial charge in [-0.05, 0) is 49.1 Å². The van der Waals surface area contributed by atoms with Gasteiger partial charge in [-0.2, -0.15) is 4.98 Å². The second kappa shape index (κ2) is 9.54. The smallest absolute Gasteiger partial charge is 0.240 e. The Bertz CT molecular complexity index is 1140. The van der Waals surface area contributed by atoms with Gasteiger partial charge in [0.2, 0.25) is 12.3 Å². The molecule has 4 heterocycles. The van der Waals surface area contributed by atoms with Crippen molar-refractivity contribution >= 4 is 6.41 Å². The highest BCUT2D eigenvalue weighted by Crippen LogP contribution is 2.34. The number of carbonyl (C=O) groups excluding carboxylic acids is 1. The van der Waals surface area contributed by atoms with Crippen molar-refractivity contribution in [2.45, 2.75) is 58.2 Å². The molecular weight excluding hydrogens is 430 g/mol. The third kappa shape index (κ3) is 4.68. The van der Waals surface area contributed by atoms with Crippen LogP contribution in [0.3, 0.4) is 0 Å². The van der Waals surface area contributed by atoms with E-state index in [1.807, 2.05) is 17.0 Å². The first-order valence-electron chi connectivity index (χ1n) is 12.0. The molecule has 0 saturated carbocycles. The van der Waals surface area contributed by atoms with Gasteiger partial charge >= 0.3 is 0 Å². The maximum Gasteiger partial charge on any atom is 0.240 e. The van der Waals surface area contributed by atoms with Crippen LogP contribution in [0.5, 0.6) is 5.75 Å². The Labute approximate surface area is 199 Å². The van der Waals surface area contributed by atoms with Crippen LogP contribution in [0.15, 0.2) is 41.1 Å². The minimum Gasteiger partial charge on any atom is -0.486 e. The molecule has 1 unspecified atom stereocenters. The molecule has 0 aliphatic carbocycles. The Balaban J connectivity index is 1.15. The first-order chi connectivity index (χ1) is 16.5. The van der Waals surface area contributed by atoms with E-state index in [2.05, 4.69) is 59.0 Å². The highest BCUT2D eigenvalue weighted by molar-refractivity contribution is 5.62. The van der Waals surface area contributed by atoms with E-state index < -0.39 is 0 Å². The van der Waals surface area contributed by atoms with Gasteiger partial charge in [0.05, 0.1) is 24.5 Å². The third-order valence-corrected chi connectivity index (χ3v) is 6.68. The van der Waals surface area contributed by atoms with Crippen molar-refractivity contribution in [1.29, 1.82) is 0 Å². The van der Waals surface area contributed by atoms with Gasteiger partial charge < -0.3 is 14.2 Å². The van der Waals surface area contributed by atoms with Gasteiger partial charge in [-0.25, -0.2) is 0 Å². The van der Waals surface area contributed by atoms with Crippen molar-refractivity contribution in [3.05, 3.63) is 59.4 Å². The molecule has 2 aromatic heterocycles. The van der Waals surface area contributed by atoms with Gasteiger partial charge in [0.15, 0.2) is 5.82 Å². The molecule has 0 radical (unpaired) electrons. The molecule has 0 N–H and O–H groups in total. The van der Waals surface area contributed by atoms with Crippen molar-refractivity contribution in [3.63, 3.8) is 0 Å². The maximum atomic E-state index is 11.3. The second-order valence-corrected chi connectivity index (χ2v) is 9.59. The Hall–Kier alpha value is -3.26. The normalized spacial score (nSPS) is 18.9. The van der Waals surface area contributed by atoms with Crippen LogP contribution in [0, 0.1) is 6.92 Å². The van der Waals surface area contributed by atoms with Crippen LogP contribution in [-0.2, 0) is 11.3 Å². The quantitative estimate of drug-likeness (QED) is 0.467. The monoisotopic (exact) mass is 461 g/mol. The van der Waals surface area contributed by atoms with Gasteiger partial charge in [0, 0.05) is 31.1 Å². The summed E-state index contributed by atoms with van der Waals surface area (Å²) in [6.45, 7) is 9.34. The van der Waals surface area contributed by atoms with E-state index >= 15 is 0 Å². The maximum absolute atomic E-state index is 11.3. The van der Waals surface area contributed by atoms with Crippen LogP contribution in [0.4, 0.5) is 0 Å². The fourth-order valence-corrected chi connectivity index (χ4v) is 4.76. The Kier molecular flexibility index (Phi) is 6.32. The molecule has 0 bridgehead atoms. The summed E-state index contributed by atoms with van der Waals surface area (Å²) in [5.41, 5.74) is 4.39. The van der Waals surface area contributed by atoms with Gasteiger partial charge in [-0.3, -0.25) is 14.7 Å². The van der Waals surface area contributed by atoms with Crippen molar-refractivity contribution in [1.82, 2.24) is 24.9 Å². The molecule has 2 saturated heterocycles. The number of hydrogen-bond acceptors (Lipinski definition) is 7. The number of aryl methyl sites for hydroxylation is 1. The summed E-state index contributed by atoms with van der Waals surface area (Å²) in [7, 11) is 0. The summed E-state index contributed by atoms with van der Waals surface area (Å²) in [5, 5.41) is 4.02. The first-order valence-corrected chi connectivity index (χ1v) is 12.0. The number of aromatic nitrogens is 3. The lowest BCUT2D eigenvalue weighted by atomic mass is 9.96. The standard InChI is InChI=1S/C26H31N5O3/c1-17(2)26-28-25(34-29-26)15-30-13-21(14-30)33-20-7-9-23(27-12-20)19-6-8-22(18(3)11-19)24-5-4-10-31(24)16-32/h6-9,11-12,16-17,21,24H,4-5,10,13-15H2,1-3H3. The lowest BCUT2D eigenvalue weighted by Crippen LogP contribution is -2.53. The van der Waals surface area contributed by atoms with Crippen molar-refractivity contribution in [3.8, 4) is 17.0 Å². The molecule has 3 aromatic rings. The number of benzene rings is 1. The largest absolute Gasteiger partial charge is 0.486 e. The number of carbonyl (C=O) groups is 1. The minimum absolute atomic E-state index is 0.133. The number of rotatable bonds is 8. The summed E-state index contributed by atoms with van der Waals surface area (Å²) in [5.74, 6) is 2.44. The highest BCUT2D eigenvalue weighted by atomic mass is 16.5. The average Bonchev–Trinajstić information content (AvgIpc) is 3.47. The molecule has 34 heavy (non-hydrogen) atoms. The lowest BCUT2D eigenvalue weighted by Gasteiger charge is -2.37. The van der Waals surface area contributed by atoms with E-state index in [1.165, 1.54) is 11.1 Å². The van der Waals surface area contributed by atoms with E-state index in [1.54, 1.807) is 6.20 Å². The number of nitrogens with zero attached hydrogens (tertiary/aromatic N) is 5. The fraction of sp³-hybridized carbons (Fsp3) is 0.462. The van der Waals surface area contributed by atoms with Crippen molar-refractivity contribution in [2.75, 3.05) is 19.6 Å². The summed E-state index contributed by atoms with van der Waals surface area (Å²) in [6.07, 6.45) is 4.98. The van der Waals surface area contributed by atoms with Crippen LogP contribution in [0.2, 0.25) is 0 Å². The zero-order valence-corrected chi connectivity index (χ0v) is 20.0. The number of ether oxygens (including phenoxy) is 1. The summed E-state index contributed by atoms with van der Waals surface area (Å²) in [6, 6.07) is 10.6. The third-order valence-electron chi connectivity index (χ3n) is 6.68. The summed E-state index contributed by atoms with van der Waals surface area (Å²) >= 11 is 0. The Morgan fingerprint density at radius 3 is 2.76 bits per heavy atom. The molecule has 2 fully saturated rings. The summed E-state index contributed by atoms with van der Waals surface area (Å²) in [4.78, 5) is 24.5. The predicted molar refractivity (Wildman–Crippen MR) is 127 cm³/mol. The Morgan fingerprint density at radius 2 is 2.09 bits per heavy atom. The Morgan fingerprint density at radius 1 is 1.24 bits per heavy atom. The van der Waals surface area contributed by atoms with Crippen molar-refractivity contribution in [2.24, 2.45) is 0 Å². The number of hydrogen-bond donors (Lipinski definition) is 0. The minimum atomic E-state index is 0.133. The predicted octanol–water partition coefficient (Wildman–Crippen LogP) is 4.12. The van der Waals surface area contributed by atoms with Crippen LogP contribution in [-0.4, -0.2) is 57.1 Å². The number of likely N-dealkylation sites (tertiary alicyclic amines) is 2.